The second-order valence-corrected chi connectivity index (χ2v) is 6.40. The highest BCUT2D eigenvalue weighted by Crippen LogP contribution is 2.35. The van der Waals surface area contributed by atoms with E-state index in [1.807, 2.05) is 9.36 Å². The maximum Gasteiger partial charge on any atom is 0.0540 e. The first-order chi connectivity index (χ1) is 10.2. The molecule has 112 valence electrons. The predicted octanol–water partition coefficient (Wildman–Crippen LogP) is 2.20. The van der Waals surface area contributed by atoms with Gasteiger partial charge in [0.25, 0.3) is 0 Å². The molecule has 0 saturated heterocycles. The molecule has 0 amide bonds. The van der Waals surface area contributed by atoms with Gasteiger partial charge < -0.3 is 5.32 Å². The van der Waals surface area contributed by atoms with Gasteiger partial charge in [0.15, 0.2) is 0 Å². The Morgan fingerprint density at radius 2 is 1.38 bits per heavy atom. The normalized spacial score (nSPS) is 24.7. The van der Waals surface area contributed by atoms with Crippen molar-refractivity contribution in [3.63, 3.8) is 0 Å². The van der Waals surface area contributed by atoms with Gasteiger partial charge in [0.1, 0.15) is 0 Å². The van der Waals surface area contributed by atoms with Gasteiger partial charge in [-0.3, -0.25) is 9.36 Å². The largest absolute Gasteiger partial charge is 0.303 e. The van der Waals surface area contributed by atoms with Crippen LogP contribution < -0.4 is 5.32 Å². The fraction of sp³-hybridized carbons (Fsp3) is 0.625. The molecular weight excluding hydrogens is 262 g/mol. The van der Waals surface area contributed by atoms with Gasteiger partial charge in [-0.05, 0) is 38.5 Å². The van der Waals surface area contributed by atoms with Crippen molar-refractivity contribution < 1.29 is 0 Å². The molecular formula is C16H23N5. The van der Waals surface area contributed by atoms with E-state index in [0.29, 0.717) is 12.1 Å². The molecule has 4 rings (SSSR count). The van der Waals surface area contributed by atoms with Crippen molar-refractivity contribution in [2.75, 3.05) is 0 Å². The molecule has 0 aliphatic heterocycles. The van der Waals surface area contributed by atoms with E-state index < -0.39 is 0 Å². The van der Waals surface area contributed by atoms with Gasteiger partial charge in [0.05, 0.1) is 12.4 Å². The number of fused-ring (bicyclic) bond motifs is 2. The zero-order chi connectivity index (χ0) is 14.4. The Kier molecular flexibility index (Phi) is 3.10. The molecule has 2 aliphatic rings. The first-order valence-corrected chi connectivity index (χ1v) is 8.01. The van der Waals surface area contributed by atoms with Crippen LogP contribution in [0.25, 0.3) is 0 Å². The van der Waals surface area contributed by atoms with Crippen LogP contribution in [-0.2, 0) is 26.9 Å². The number of aromatic nitrogens is 4. The van der Waals surface area contributed by atoms with Gasteiger partial charge in [-0.1, -0.05) is 0 Å². The number of hydrogen-bond donors (Lipinski definition) is 1. The van der Waals surface area contributed by atoms with Crippen LogP contribution in [-0.4, -0.2) is 19.6 Å². The van der Waals surface area contributed by atoms with E-state index in [9.17, 15) is 0 Å². The van der Waals surface area contributed by atoms with Crippen molar-refractivity contribution in [1.82, 2.24) is 24.9 Å². The summed E-state index contributed by atoms with van der Waals surface area (Å²) in [5, 5.41) is 12.8. The second-order valence-electron chi connectivity index (χ2n) is 6.40. The lowest BCUT2D eigenvalue weighted by Gasteiger charge is -2.31. The Labute approximate surface area is 125 Å². The van der Waals surface area contributed by atoms with E-state index in [2.05, 4.69) is 42.0 Å². The summed E-state index contributed by atoms with van der Waals surface area (Å²) in [4.78, 5) is 0. The van der Waals surface area contributed by atoms with Crippen molar-refractivity contribution in [3.8, 4) is 0 Å². The monoisotopic (exact) mass is 285 g/mol. The summed E-state index contributed by atoms with van der Waals surface area (Å²) < 4.78 is 4.08. The van der Waals surface area contributed by atoms with Gasteiger partial charge in [0, 0.05) is 48.7 Å². The predicted molar refractivity (Wildman–Crippen MR) is 80.9 cm³/mol. The fourth-order valence-electron chi connectivity index (χ4n) is 4.00. The maximum atomic E-state index is 4.45. The topological polar surface area (TPSA) is 47.7 Å². The Hall–Kier alpha value is -1.62. The van der Waals surface area contributed by atoms with E-state index >= 15 is 0 Å². The van der Waals surface area contributed by atoms with Crippen LogP contribution in [0.5, 0.6) is 0 Å². The molecule has 0 fully saturated rings. The summed E-state index contributed by atoms with van der Waals surface area (Å²) in [5.74, 6) is 0. The standard InChI is InChI=1S/C16H23N5/c1-20-15-7-3-5-13(11(15)9-17-20)19-14-6-4-8-16-12(14)10-18-21(16)2/h9-10,13-14,19H,3-8H2,1-2H3. The SMILES string of the molecule is Cn1ncc2c1CCCC2NC1CCCc2c1cnn2C. The Bertz CT molecular complexity index is 597. The third-order valence-corrected chi connectivity index (χ3v) is 5.15. The molecule has 2 aromatic rings. The minimum absolute atomic E-state index is 0.443. The molecule has 5 nitrogen and oxygen atoms in total. The van der Waals surface area contributed by atoms with Gasteiger partial charge in [-0.25, -0.2) is 0 Å². The Morgan fingerprint density at radius 3 is 1.86 bits per heavy atom. The lowest BCUT2D eigenvalue weighted by Crippen LogP contribution is -2.31. The highest BCUT2D eigenvalue weighted by Gasteiger charge is 2.29. The highest BCUT2D eigenvalue weighted by molar-refractivity contribution is 5.28. The van der Waals surface area contributed by atoms with Crippen molar-refractivity contribution in [1.29, 1.82) is 0 Å². The number of rotatable bonds is 2. The molecule has 0 aromatic carbocycles. The molecule has 0 radical (unpaired) electrons. The second kappa shape index (κ2) is 4.98. The summed E-state index contributed by atoms with van der Waals surface area (Å²) in [5.41, 5.74) is 5.61. The first-order valence-electron chi connectivity index (χ1n) is 8.01. The lowest BCUT2D eigenvalue weighted by atomic mass is 9.88. The third-order valence-electron chi connectivity index (χ3n) is 5.15. The average Bonchev–Trinajstić information content (AvgIpc) is 3.06. The van der Waals surface area contributed by atoms with E-state index in [0.717, 1.165) is 12.8 Å². The third kappa shape index (κ3) is 2.11. The molecule has 2 heterocycles. The maximum absolute atomic E-state index is 4.45. The number of hydrogen-bond acceptors (Lipinski definition) is 3. The van der Waals surface area contributed by atoms with E-state index in [-0.39, 0.29) is 0 Å². The van der Waals surface area contributed by atoms with Crippen molar-refractivity contribution >= 4 is 0 Å². The van der Waals surface area contributed by atoms with Gasteiger partial charge in [-0.2, -0.15) is 10.2 Å². The molecule has 0 saturated carbocycles. The molecule has 2 aliphatic carbocycles. The van der Waals surface area contributed by atoms with Gasteiger partial charge in [0.2, 0.25) is 0 Å². The van der Waals surface area contributed by atoms with Gasteiger partial charge >= 0.3 is 0 Å². The molecule has 0 bridgehead atoms. The molecule has 5 heteroatoms. The molecule has 0 spiro atoms. The first kappa shape index (κ1) is 13.1. The molecule has 21 heavy (non-hydrogen) atoms. The van der Waals surface area contributed by atoms with E-state index in [1.54, 1.807) is 0 Å². The number of nitrogens with one attached hydrogen (secondary N) is 1. The summed E-state index contributed by atoms with van der Waals surface area (Å²) in [6.07, 6.45) is 11.3. The van der Waals surface area contributed by atoms with Crippen molar-refractivity contribution in [2.45, 2.75) is 50.6 Å². The molecule has 1 N–H and O–H groups in total. The number of aryl methyl sites for hydroxylation is 2. The fourth-order valence-corrected chi connectivity index (χ4v) is 4.00. The minimum atomic E-state index is 0.443. The smallest absolute Gasteiger partial charge is 0.0540 e. The van der Waals surface area contributed by atoms with Crippen molar-refractivity contribution in [2.24, 2.45) is 14.1 Å². The quantitative estimate of drug-likeness (QED) is 0.920. The van der Waals surface area contributed by atoms with E-state index in [1.165, 1.54) is 48.2 Å². The lowest BCUT2D eigenvalue weighted by molar-refractivity contribution is 0.365. The summed E-state index contributed by atoms with van der Waals surface area (Å²) in [6.45, 7) is 0. The van der Waals surface area contributed by atoms with Crippen LogP contribution in [0.15, 0.2) is 12.4 Å². The van der Waals surface area contributed by atoms with Crippen molar-refractivity contribution in [3.05, 3.63) is 34.9 Å². The van der Waals surface area contributed by atoms with E-state index in [4.69, 9.17) is 0 Å². The van der Waals surface area contributed by atoms with Crippen LogP contribution >= 0.6 is 0 Å². The van der Waals surface area contributed by atoms with Crippen LogP contribution in [0.1, 0.15) is 60.3 Å². The zero-order valence-electron chi connectivity index (χ0n) is 12.8. The average molecular weight is 285 g/mol. The van der Waals surface area contributed by atoms with Gasteiger partial charge in [-0.15, -0.1) is 0 Å². The van der Waals surface area contributed by atoms with Crippen LogP contribution in [0.3, 0.4) is 0 Å². The zero-order valence-corrected chi connectivity index (χ0v) is 12.8. The molecule has 2 aromatic heterocycles. The van der Waals surface area contributed by atoms with Crippen LogP contribution in [0.2, 0.25) is 0 Å². The highest BCUT2D eigenvalue weighted by atomic mass is 15.3. The summed E-state index contributed by atoms with van der Waals surface area (Å²) in [7, 11) is 4.11. The summed E-state index contributed by atoms with van der Waals surface area (Å²) >= 11 is 0. The summed E-state index contributed by atoms with van der Waals surface area (Å²) in [6, 6.07) is 0.886. The Balaban J connectivity index is 1.60. The van der Waals surface area contributed by atoms with Crippen LogP contribution in [0, 0.1) is 0 Å². The molecule has 2 atom stereocenters. The van der Waals surface area contributed by atoms with Crippen LogP contribution in [0.4, 0.5) is 0 Å². The number of nitrogens with zero attached hydrogens (tertiary/aromatic N) is 4. The molecule has 2 unspecified atom stereocenters. The minimum Gasteiger partial charge on any atom is -0.303 e. The Morgan fingerprint density at radius 1 is 0.905 bits per heavy atom.